The fraction of sp³-hybridized carbons (Fsp3) is 0.400. The van der Waals surface area contributed by atoms with Crippen LogP contribution in [0.4, 0.5) is 0 Å². The molecular weight excluding hydrogens is 306 g/mol. The Morgan fingerprint density at radius 3 is 2.68 bits per heavy atom. The van der Waals surface area contributed by atoms with E-state index in [1.807, 2.05) is 13.8 Å². The summed E-state index contributed by atoms with van der Waals surface area (Å²) in [5, 5.41) is 0.577. The molecular formula is C15H17NO5S. The standard InChI is InChI=1S/C15H17NO5S/c1-15(2)10-16(7-8-20-15)22(18,19)12-4-5-13-11(9-12)3-6-14(17)21-13/h3-6,9H,7-8,10H2,1-2H3. The minimum atomic E-state index is -3.60. The molecule has 0 atom stereocenters. The van der Waals surface area contributed by atoms with Crippen molar-refractivity contribution < 1.29 is 17.6 Å². The van der Waals surface area contributed by atoms with Crippen molar-refractivity contribution in [3.8, 4) is 0 Å². The van der Waals surface area contributed by atoms with Crippen molar-refractivity contribution in [3.63, 3.8) is 0 Å². The Balaban J connectivity index is 2.01. The lowest BCUT2D eigenvalue weighted by Crippen LogP contribution is -2.50. The van der Waals surface area contributed by atoms with Crippen molar-refractivity contribution in [2.75, 3.05) is 19.7 Å². The number of hydrogen-bond donors (Lipinski definition) is 0. The molecule has 0 bridgehead atoms. The largest absolute Gasteiger partial charge is 0.423 e. The van der Waals surface area contributed by atoms with Gasteiger partial charge in [0.05, 0.1) is 17.1 Å². The summed E-state index contributed by atoms with van der Waals surface area (Å²) in [6, 6.07) is 7.33. The molecule has 0 saturated carbocycles. The lowest BCUT2D eigenvalue weighted by molar-refractivity contribution is -0.0640. The Kier molecular flexibility index (Phi) is 3.58. The van der Waals surface area contributed by atoms with E-state index in [0.717, 1.165) is 0 Å². The van der Waals surface area contributed by atoms with Crippen molar-refractivity contribution in [2.24, 2.45) is 0 Å². The molecule has 0 radical (unpaired) electrons. The van der Waals surface area contributed by atoms with Crippen LogP contribution in [0.3, 0.4) is 0 Å². The van der Waals surface area contributed by atoms with Crippen molar-refractivity contribution in [1.82, 2.24) is 4.31 Å². The molecule has 6 nitrogen and oxygen atoms in total. The summed E-state index contributed by atoms with van der Waals surface area (Å²) in [6.07, 6.45) is 0. The molecule has 7 heteroatoms. The summed E-state index contributed by atoms with van der Waals surface area (Å²) >= 11 is 0. The van der Waals surface area contributed by atoms with E-state index in [9.17, 15) is 13.2 Å². The second kappa shape index (κ2) is 5.19. The Labute approximate surface area is 128 Å². The van der Waals surface area contributed by atoms with Crippen LogP contribution in [0.15, 0.2) is 44.4 Å². The van der Waals surface area contributed by atoms with Gasteiger partial charge in [-0.25, -0.2) is 13.2 Å². The topological polar surface area (TPSA) is 76.8 Å². The number of morpholine rings is 1. The van der Waals surface area contributed by atoms with Gasteiger partial charge in [0, 0.05) is 24.5 Å². The van der Waals surface area contributed by atoms with E-state index < -0.39 is 21.2 Å². The third kappa shape index (κ3) is 2.79. The van der Waals surface area contributed by atoms with Gasteiger partial charge in [0.1, 0.15) is 5.58 Å². The van der Waals surface area contributed by atoms with Gasteiger partial charge in [-0.2, -0.15) is 4.31 Å². The summed E-state index contributed by atoms with van der Waals surface area (Å²) < 4.78 is 37.5. The maximum Gasteiger partial charge on any atom is 0.336 e. The highest BCUT2D eigenvalue weighted by Gasteiger charge is 2.34. The fourth-order valence-electron chi connectivity index (χ4n) is 2.54. The van der Waals surface area contributed by atoms with Crippen LogP contribution in [0.2, 0.25) is 0 Å². The van der Waals surface area contributed by atoms with Crippen molar-refractivity contribution in [3.05, 3.63) is 40.8 Å². The van der Waals surface area contributed by atoms with E-state index in [2.05, 4.69) is 0 Å². The molecule has 1 fully saturated rings. The molecule has 0 amide bonds. The summed E-state index contributed by atoms with van der Waals surface area (Å²) in [5.74, 6) is 0. The van der Waals surface area contributed by atoms with E-state index in [4.69, 9.17) is 9.15 Å². The van der Waals surface area contributed by atoms with Crippen LogP contribution in [0.25, 0.3) is 11.0 Å². The van der Waals surface area contributed by atoms with E-state index in [1.165, 1.54) is 28.6 Å². The highest BCUT2D eigenvalue weighted by atomic mass is 32.2. The Morgan fingerprint density at radius 1 is 1.18 bits per heavy atom. The normalized spacial score (nSPS) is 19.4. The average molecular weight is 323 g/mol. The molecule has 0 N–H and O–H groups in total. The maximum absolute atomic E-state index is 12.8. The Morgan fingerprint density at radius 2 is 1.95 bits per heavy atom. The molecule has 22 heavy (non-hydrogen) atoms. The zero-order chi connectivity index (χ0) is 16.0. The van der Waals surface area contributed by atoms with Gasteiger partial charge < -0.3 is 9.15 Å². The first kappa shape index (κ1) is 15.2. The monoisotopic (exact) mass is 323 g/mol. The van der Waals surface area contributed by atoms with Gasteiger partial charge in [-0.15, -0.1) is 0 Å². The molecule has 118 valence electrons. The van der Waals surface area contributed by atoms with Crippen molar-refractivity contribution >= 4 is 21.0 Å². The van der Waals surface area contributed by atoms with Gasteiger partial charge in [-0.3, -0.25) is 0 Å². The predicted molar refractivity (Wildman–Crippen MR) is 81.3 cm³/mol. The first-order valence-corrected chi connectivity index (χ1v) is 8.40. The SMILES string of the molecule is CC1(C)CN(S(=O)(=O)c2ccc3oc(=O)ccc3c2)CCO1. The number of ether oxygens (including phenoxy) is 1. The number of nitrogens with zero attached hydrogens (tertiary/aromatic N) is 1. The van der Waals surface area contributed by atoms with Gasteiger partial charge in [0.25, 0.3) is 0 Å². The van der Waals surface area contributed by atoms with Crippen LogP contribution < -0.4 is 5.63 Å². The van der Waals surface area contributed by atoms with Crippen LogP contribution in [0, 0.1) is 0 Å². The van der Waals surface area contributed by atoms with Crippen LogP contribution in [0.1, 0.15) is 13.8 Å². The predicted octanol–water partition coefficient (Wildman–Crippen LogP) is 1.59. The smallest absolute Gasteiger partial charge is 0.336 e. The summed E-state index contributed by atoms with van der Waals surface area (Å²) in [7, 11) is -3.60. The number of fused-ring (bicyclic) bond motifs is 1. The summed E-state index contributed by atoms with van der Waals surface area (Å²) in [5.41, 5.74) is -0.596. The maximum atomic E-state index is 12.8. The lowest BCUT2D eigenvalue weighted by Gasteiger charge is -2.37. The van der Waals surface area contributed by atoms with Crippen LogP contribution in [-0.4, -0.2) is 38.0 Å². The van der Waals surface area contributed by atoms with Crippen molar-refractivity contribution in [1.29, 1.82) is 0 Å². The molecule has 2 aromatic rings. The third-order valence-electron chi connectivity index (χ3n) is 3.62. The molecule has 1 aliphatic rings. The van der Waals surface area contributed by atoms with Crippen LogP contribution in [-0.2, 0) is 14.8 Å². The zero-order valence-corrected chi connectivity index (χ0v) is 13.2. The highest BCUT2D eigenvalue weighted by Crippen LogP contribution is 2.25. The number of sulfonamides is 1. The summed E-state index contributed by atoms with van der Waals surface area (Å²) in [4.78, 5) is 11.4. The zero-order valence-electron chi connectivity index (χ0n) is 12.4. The average Bonchev–Trinajstić information content (AvgIpc) is 2.45. The van der Waals surface area contributed by atoms with E-state index in [1.54, 1.807) is 6.07 Å². The van der Waals surface area contributed by atoms with Crippen LogP contribution in [0.5, 0.6) is 0 Å². The first-order chi connectivity index (χ1) is 10.3. The van der Waals surface area contributed by atoms with Crippen LogP contribution >= 0.6 is 0 Å². The van der Waals surface area contributed by atoms with Gasteiger partial charge in [-0.05, 0) is 38.1 Å². The number of rotatable bonds is 2. The van der Waals surface area contributed by atoms with Gasteiger partial charge in [0.2, 0.25) is 10.0 Å². The molecule has 1 aromatic heterocycles. The minimum absolute atomic E-state index is 0.187. The van der Waals surface area contributed by atoms with E-state index >= 15 is 0 Å². The quantitative estimate of drug-likeness (QED) is 0.785. The number of benzene rings is 1. The number of hydrogen-bond acceptors (Lipinski definition) is 5. The second-order valence-electron chi connectivity index (χ2n) is 5.90. The van der Waals surface area contributed by atoms with Gasteiger partial charge in [0.15, 0.2) is 0 Å². The molecule has 1 aromatic carbocycles. The molecule has 3 rings (SSSR count). The molecule has 0 unspecified atom stereocenters. The minimum Gasteiger partial charge on any atom is -0.423 e. The van der Waals surface area contributed by atoms with Gasteiger partial charge >= 0.3 is 5.63 Å². The highest BCUT2D eigenvalue weighted by molar-refractivity contribution is 7.89. The Bertz CT molecular complexity index is 869. The summed E-state index contributed by atoms with van der Waals surface area (Å²) in [6.45, 7) is 4.73. The fourth-order valence-corrected chi connectivity index (χ4v) is 4.15. The molecule has 2 heterocycles. The third-order valence-corrected chi connectivity index (χ3v) is 5.46. The molecule has 1 saturated heterocycles. The van der Waals surface area contributed by atoms with Crippen molar-refractivity contribution in [2.45, 2.75) is 24.3 Å². The Hall–Kier alpha value is -1.70. The van der Waals surface area contributed by atoms with E-state index in [-0.39, 0.29) is 4.90 Å². The van der Waals surface area contributed by atoms with E-state index in [0.29, 0.717) is 30.7 Å². The molecule has 0 aliphatic carbocycles. The molecule has 0 spiro atoms. The first-order valence-electron chi connectivity index (χ1n) is 6.96. The lowest BCUT2D eigenvalue weighted by atomic mass is 10.1. The molecule has 1 aliphatic heterocycles. The van der Waals surface area contributed by atoms with Gasteiger partial charge in [-0.1, -0.05) is 0 Å². The second-order valence-corrected chi connectivity index (χ2v) is 7.84.